The standard InChI is InChI=1S/C17H23N3/c1-4-20(12-15-8-6-5-7-9-15)17-16(11-18)13(2)10-14(3)19-17/h5-10H,4,11-12,18H2,1-3H3. The van der Waals surface area contributed by atoms with Crippen molar-refractivity contribution in [1.82, 2.24) is 4.98 Å². The van der Waals surface area contributed by atoms with E-state index in [4.69, 9.17) is 10.7 Å². The fourth-order valence-corrected chi connectivity index (χ4v) is 2.50. The summed E-state index contributed by atoms with van der Waals surface area (Å²) in [6, 6.07) is 12.6. The Morgan fingerprint density at radius 1 is 1.15 bits per heavy atom. The van der Waals surface area contributed by atoms with E-state index in [1.54, 1.807) is 0 Å². The number of benzene rings is 1. The molecule has 0 radical (unpaired) electrons. The van der Waals surface area contributed by atoms with Crippen molar-refractivity contribution in [2.75, 3.05) is 11.4 Å². The molecule has 0 atom stereocenters. The van der Waals surface area contributed by atoms with Crippen LogP contribution in [0.2, 0.25) is 0 Å². The first-order chi connectivity index (χ1) is 9.65. The number of aryl methyl sites for hydroxylation is 2. The van der Waals surface area contributed by atoms with Gasteiger partial charge in [-0.2, -0.15) is 0 Å². The zero-order chi connectivity index (χ0) is 14.5. The van der Waals surface area contributed by atoms with E-state index in [0.29, 0.717) is 6.54 Å². The number of aromatic nitrogens is 1. The molecule has 0 saturated carbocycles. The van der Waals surface area contributed by atoms with Gasteiger partial charge in [0.05, 0.1) is 0 Å². The molecule has 0 aliphatic heterocycles. The number of rotatable bonds is 5. The molecule has 1 aromatic carbocycles. The third-order valence-corrected chi connectivity index (χ3v) is 3.56. The van der Waals surface area contributed by atoms with Gasteiger partial charge in [-0.25, -0.2) is 4.98 Å². The lowest BCUT2D eigenvalue weighted by Crippen LogP contribution is -2.25. The Bertz CT molecular complexity index is 564. The van der Waals surface area contributed by atoms with Gasteiger partial charge in [-0.3, -0.25) is 0 Å². The van der Waals surface area contributed by atoms with E-state index in [2.05, 4.69) is 49.1 Å². The van der Waals surface area contributed by atoms with Crippen molar-refractivity contribution in [2.24, 2.45) is 5.73 Å². The summed E-state index contributed by atoms with van der Waals surface area (Å²) < 4.78 is 0. The number of anilines is 1. The quantitative estimate of drug-likeness (QED) is 0.906. The lowest BCUT2D eigenvalue weighted by molar-refractivity contribution is 0.795. The van der Waals surface area contributed by atoms with Crippen LogP contribution in [0.25, 0.3) is 0 Å². The SMILES string of the molecule is CCN(Cc1ccccc1)c1nc(C)cc(C)c1CN. The first kappa shape index (κ1) is 14.5. The average Bonchev–Trinajstić information content (AvgIpc) is 2.45. The second-order valence-electron chi connectivity index (χ2n) is 5.09. The summed E-state index contributed by atoms with van der Waals surface area (Å²) in [6.07, 6.45) is 0. The van der Waals surface area contributed by atoms with Crippen molar-refractivity contribution in [2.45, 2.75) is 33.9 Å². The molecule has 20 heavy (non-hydrogen) atoms. The molecule has 0 aliphatic carbocycles. The Balaban J connectivity index is 2.36. The van der Waals surface area contributed by atoms with E-state index in [9.17, 15) is 0 Å². The van der Waals surface area contributed by atoms with E-state index >= 15 is 0 Å². The summed E-state index contributed by atoms with van der Waals surface area (Å²) in [7, 11) is 0. The summed E-state index contributed by atoms with van der Waals surface area (Å²) in [5, 5.41) is 0. The van der Waals surface area contributed by atoms with Crippen LogP contribution in [-0.4, -0.2) is 11.5 Å². The highest BCUT2D eigenvalue weighted by molar-refractivity contribution is 5.52. The summed E-state index contributed by atoms with van der Waals surface area (Å²) in [5.41, 5.74) is 10.6. The number of nitrogens with two attached hydrogens (primary N) is 1. The van der Waals surface area contributed by atoms with Gasteiger partial charge in [0.1, 0.15) is 5.82 Å². The molecule has 0 fully saturated rings. The minimum Gasteiger partial charge on any atom is -0.352 e. The van der Waals surface area contributed by atoms with Crippen LogP contribution in [0.5, 0.6) is 0 Å². The van der Waals surface area contributed by atoms with Crippen LogP contribution in [0.4, 0.5) is 5.82 Å². The minimum atomic E-state index is 0.528. The Hall–Kier alpha value is -1.87. The maximum absolute atomic E-state index is 5.92. The number of nitrogens with zero attached hydrogens (tertiary/aromatic N) is 2. The van der Waals surface area contributed by atoms with Gasteiger partial charge in [0, 0.05) is 30.9 Å². The van der Waals surface area contributed by atoms with Crippen molar-refractivity contribution in [3.05, 3.63) is 58.8 Å². The third kappa shape index (κ3) is 3.17. The predicted octanol–water partition coefficient (Wildman–Crippen LogP) is 3.18. The van der Waals surface area contributed by atoms with Gasteiger partial charge < -0.3 is 10.6 Å². The van der Waals surface area contributed by atoms with Crippen LogP contribution in [-0.2, 0) is 13.1 Å². The van der Waals surface area contributed by atoms with E-state index in [-0.39, 0.29) is 0 Å². The topological polar surface area (TPSA) is 42.2 Å². The summed E-state index contributed by atoms with van der Waals surface area (Å²) in [4.78, 5) is 7.01. The van der Waals surface area contributed by atoms with Crippen LogP contribution >= 0.6 is 0 Å². The summed E-state index contributed by atoms with van der Waals surface area (Å²) >= 11 is 0. The van der Waals surface area contributed by atoms with E-state index in [1.807, 2.05) is 13.0 Å². The second kappa shape index (κ2) is 6.53. The Morgan fingerprint density at radius 2 is 1.85 bits per heavy atom. The molecule has 0 amide bonds. The largest absolute Gasteiger partial charge is 0.352 e. The first-order valence-electron chi connectivity index (χ1n) is 7.11. The van der Waals surface area contributed by atoms with Crippen molar-refractivity contribution >= 4 is 5.82 Å². The van der Waals surface area contributed by atoms with Crippen LogP contribution in [0.15, 0.2) is 36.4 Å². The van der Waals surface area contributed by atoms with Gasteiger partial charge >= 0.3 is 0 Å². The van der Waals surface area contributed by atoms with Crippen LogP contribution < -0.4 is 10.6 Å². The van der Waals surface area contributed by atoms with Crippen molar-refractivity contribution in [3.63, 3.8) is 0 Å². The van der Waals surface area contributed by atoms with Gasteiger partial charge in [0.15, 0.2) is 0 Å². The van der Waals surface area contributed by atoms with E-state index in [1.165, 1.54) is 11.1 Å². The van der Waals surface area contributed by atoms with Crippen molar-refractivity contribution in [3.8, 4) is 0 Å². The predicted molar refractivity (Wildman–Crippen MR) is 84.8 cm³/mol. The second-order valence-corrected chi connectivity index (χ2v) is 5.09. The maximum atomic E-state index is 5.92. The zero-order valence-corrected chi connectivity index (χ0v) is 12.6. The molecule has 3 heteroatoms. The molecule has 2 aromatic rings. The van der Waals surface area contributed by atoms with Gasteiger partial charge in [-0.1, -0.05) is 30.3 Å². The van der Waals surface area contributed by atoms with E-state index < -0.39 is 0 Å². The fourth-order valence-electron chi connectivity index (χ4n) is 2.50. The molecule has 1 heterocycles. The number of pyridine rings is 1. The van der Waals surface area contributed by atoms with Gasteiger partial charge in [-0.05, 0) is 38.0 Å². The number of hydrogen-bond donors (Lipinski definition) is 1. The van der Waals surface area contributed by atoms with Crippen LogP contribution in [0.3, 0.4) is 0 Å². The smallest absolute Gasteiger partial charge is 0.133 e. The molecule has 0 unspecified atom stereocenters. The van der Waals surface area contributed by atoms with Gasteiger partial charge in [0.25, 0.3) is 0 Å². The molecule has 1 aromatic heterocycles. The highest BCUT2D eigenvalue weighted by atomic mass is 15.2. The molecule has 0 saturated heterocycles. The first-order valence-corrected chi connectivity index (χ1v) is 7.11. The Morgan fingerprint density at radius 3 is 2.45 bits per heavy atom. The molecular weight excluding hydrogens is 246 g/mol. The monoisotopic (exact) mass is 269 g/mol. The fraction of sp³-hybridized carbons (Fsp3) is 0.353. The molecule has 0 bridgehead atoms. The number of hydrogen-bond acceptors (Lipinski definition) is 3. The third-order valence-electron chi connectivity index (χ3n) is 3.56. The van der Waals surface area contributed by atoms with Crippen molar-refractivity contribution in [1.29, 1.82) is 0 Å². The van der Waals surface area contributed by atoms with Gasteiger partial charge in [0.2, 0.25) is 0 Å². The molecule has 3 nitrogen and oxygen atoms in total. The van der Waals surface area contributed by atoms with Crippen LogP contribution in [0, 0.1) is 13.8 Å². The zero-order valence-electron chi connectivity index (χ0n) is 12.6. The molecule has 2 N–H and O–H groups in total. The van der Waals surface area contributed by atoms with Crippen molar-refractivity contribution < 1.29 is 0 Å². The van der Waals surface area contributed by atoms with E-state index in [0.717, 1.165) is 30.2 Å². The molecule has 2 rings (SSSR count). The minimum absolute atomic E-state index is 0.528. The molecule has 0 aliphatic rings. The average molecular weight is 269 g/mol. The lowest BCUT2D eigenvalue weighted by atomic mass is 10.1. The molecule has 0 spiro atoms. The normalized spacial score (nSPS) is 10.6. The Labute approximate surface area is 121 Å². The summed E-state index contributed by atoms with van der Waals surface area (Å²) in [5.74, 6) is 1.02. The highest BCUT2D eigenvalue weighted by Gasteiger charge is 2.14. The molecular formula is C17H23N3. The molecule has 106 valence electrons. The highest BCUT2D eigenvalue weighted by Crippen LogP contribution is 2.23. The van der Waals surface area contributed by atoms with Gasteiger partial charge in [-0.15, -0.1) is 0 Å². The summed E-state index contributed by atoms with van der Waals surface area (Å²) in [6.45, 7) is 8.60. The lowest BCUT2D eigenvalue weighted by Gasteiger charge is -2.26. The Kier molecular flexibility index (Phi) is 4.74. The maximum Gasteiger partial charge on any atom is 0.133 e. The van der Waals surface area contributed by atoms with Crippen LogP contribution in [0.1, 0.15) is 29.3 Å².